The number of urea groups is 1. The minimum absolute atomic E-state index is 0.180. The average Bonchev–Trinajstić information content (AvgIpc) is 2.68. The maximum Gasteiger partial charge on any atom is 0.346 e. The van der Waals surface area contributed by atoms with E-state index in [9.17, 15) is 4.79 Å². The average molecular weight is 271 g/mol. The molecule has 4 heteroatoms. The van der Waals surface area contributed by atoms with Crippen molar-refractivity contribution in [3.8, 4) is 0 Å². The van der Waals surface area contributed by atoms with Crippen molar-refractivity contribution in [3.63, 3.8) is 0 Å². The van der Waals surface area contributed by atoms with Crippen molar-refractivity contribution < 1.29 is 4.79 Å². The number of amides is 2. The number of hydrogen-bond donors (Lipinski definition) is 1. The number of aliphatic imine (C=N–C) groups is 1. The van der Waals surface area contributed by atoms with Crippen LogP contribution in [0.5, 0.6) is 0 Å². The van der Waals surface area contributed by atoms with Gasteiger partial charge in [0.1, 0.15) is 11.4 Å². The van der Waals surface area contributed by atoms with E-state index in [0.29, 0.717) is 18.3 Å². The Morgan fingerprint density at radius 1 is 1.35 bits per heavy atom. The first-order valence-corrected chi connectivity index (χ1v) is 7.35. The van der Waals surface area contributed by atoms with Crippen molar-refractivity contribution in [1.82, 2.24) is 4.90 Å². The van der Waals surface area contributed by atoms with Crippen molar-refractivity contribution in [1.29, 1.82) is 0 Å². The molecule has 1 aromatic carbocycles. The van der Waals surface area contributed by atoms with Gasteiger partial charge < -0.3 is 10.6 Å². The normalized spacial score (nSPS) is 29.9. The summed E-state index contributed by atoms with van der Waals surface area (Å²) in [5.41, 5.74) is 6.93. The predicted molar refractivity (Wildman–Crippen MR) is 79.4 cm³/mol. The third-order valence-electron chi connectivity index (χ3n) is 4.82. The van der Waals surface area contributed by atoms with Crippen LogP contribution in [0, 0.1) is 5.92 Å². The molecule has 0 saturated heterocycles. The lowest BCUT2D eigenvalue weighted by molar-refractivity contribution is 0.0969. The molecular formula is C16H21N3O. The lowest BCUT2D eigenvalue weighted by atomic mass is 9.72. The second kappa shape index (κ2) is 4.93. The van der Waals surface area contributed by atoms with E-state index in [2.05, 4.69) is 11.9 Å². The van der Waals surface area contributed by atoms with E-state index >= 15 is 0 Å². The quantitative estimate of drug-likeness (QED) is 0.899. The molecule has 3 rings (SSSR count). The first kappa shape index (κ1) is 13.2. The molecule has 0 aromatic heterocycles. The first-order chi connectivity index (χ1) is 9.64. The minimum atomic E-state index is -0.356. The Labute approximate surface area is 119 Å². The molecule has 2 amide bonds. The second-order valence-corrected chi connectivity index (χ2v) is 5.92. The maximum absolute atomic E-state index is 12.3. The molecule has 1 aromatic rings. The molecule has 0 radical (unpaired) electrons. The van der Waals surface area contributed by atoms with Gasteiger partial charge in [0, 0.05) is 6.54 Å². The Balaban J connectivity index is 1.93. The Hall–Kier alpha value is -1.84. The van der Waals surface area contributed by atoms with Crippen LogP contribution < -0.4 is 5.73 Å². The zero-order valence-electron chi connectivity index (χ0n) is 11.9. The summed E-state index contributed by atoms with van der Waals surface area (Å²) in [5.74, 6) is 0.890. The molecule has 1 spiro atoms. The van der Waals surface area contributed by atoms with Crippen molar-refractivity contribution in [3.05, 3.63) is 35.9 Å². The fourth-order valence-corrected chi connectivity index (χ4v) is 3.66. The van der Waals surface area contributed by atoms with Crippen LogP contribution in [0.4, 0.5) is 4.79 Å². The number of nitrogens with two attached hydrogens (primary N) is 1. The van der Waals surface area contributed by atoms with Crippen molar-refractivity contribution >= 4 is 11.9 Å². The van der Waals surface area contributed by atoms with E-state index < -0.39 is 0 Å². The van der Waals surface area contributed by atoms with Crippen molar-refractivity contribution in [2.75, 3.05) is 0 Å². The van der Waals surface area contributed by atoms with Gasteiger partial charge in [-0.05, 0) is 24.3 Å². The van der Waals surface area contributed by atoms with Crippen LogP contribution >= 0.6 is 0 Å². The molecule has 20 heavy (non-hydrogen) atoms. The highest BCUT2D eigenvalue weighted by molar-refractivity contribution is 6.06. The summed E-state index contributed by atoms with van der Waals surface area (Å²) in [5, 5.41) is 0. The summed E-state index contributed by atoms with van der Waals surface area (Å²) in [7, 11) is 0. The van der Waals surface area contributed by atoms with Gasteiger partial charge in [-0.25, -0.2) is 4.79 Å². The van der Waals surface area contributed by atoms with Gasteiger partial charge in [-0.15, -0.1) is 0 Å². The highest BCUT2D eigenvalue weighted by atomic mass is 16.2. The van der Waals surface area contributed by atoms with Crippen LogP contribution in [0.2, 0.25) is 0 Å². The van der Waals surface area contributed by atoms with E-state index in [1.54, 1.807) is 0 Å². The van der Waals surface area contributed by atoms with Gasteiger partial charge in [-0.1, -0.05) is 50.1 Å². The highest BCUT2D eigenvalue weighted by Gasteiger charge is 2.52. The van der Waals surface area contributed by atoms with Crippen LogP contribution in [-0.4, -0.2) is 22.3 Å². The van der Waals surface area contributed by atoms with E-state index in [1.165, 1.54) is 6.42 Å². The fraction of sp³-hybridized carbons (Fsp3) is 0.500. The zero-order chi connectivity index (χ0) is 14.2. The third-order valence-corrected chi connectivity index (χ3v) is 4.82. The van der Waals surface area contributed by atoms with Gasteiger partial charge >= 0.3 is 6.03 Å². The molecule has 2 atom stereocenters. The van der Waals surface area contributed by atoms with Crippen molar-refractivity contribution in [2.24, 2.45) is 16.6 Å². The first-order valence-electron chi connectivity index (χ1n) is 7.35. The fourth-order valence-electron chi connectivity index (χ4n) is 3.66. The summed E-state index contributed by atoms with van der Waals surface area (Å²) in [4.78, 5) is 18.2. The van der Waals surface area contributed by atoms with E-state index in [4.69, 9.17) is 5.73 Å². The van der Waals surface area contributed by atoms with Gasteiger partial charge in [0.15, 0.2) is 0 Å². The van der Waals surface area contributed by atoms with E-state index in [-0.39, 0.29) is 11.6 Å². The molecule has 106 valence electrons. The number of hydrogen-bond acceptors (Lipinski definition) is 2. The molecule has 0 bridgehead atoms. The summed E-state index contributed by atoms with van der Waals surface area (Å²) in [6.45, 7) is 2.78. The van der Waals surface area contributed by atoms with Crippen LogP contribution in [0.25, 0.3) is 0 Å². The monoisotopic (exact) mass is 271 g/mol. The largest absolute Gasteiger partial charge is 0.385 e. The number of carbonyl (C=O) groups excluding carboxylic acids is 1. The van der Waals surface area contributed by atoms with Gasteiger partial charge in [0.2, 0.25) is 0 Å². The highest BCUT2D eigenvalue weighted by Crippen LogP contribution is 2.42. The molecule has 1 saturated carbocycles. The van der Waals surface area contributed by atoms with E-state index in [0.717, 1.165) is 24.8 Å². The van der Waals surface area contributed by atoms with Crippen LogP contribution in [0.3, 0.4) is 0 Å². The van der Waals surface area contributed by atoms with Gasteiger partial charge in [-0.3, -0.25) is 0 Å². The molecule has 2 unspecified atom stereocenters. The summed E-state index contributed by atoms with van der Waals surface area (Å²) in [6.07, 6.45) is 4.36. The standard InChI is InChI=1S/C16H21N3O/c1-12-7-5-6-10-16(12)14(17)18-15(20)19(16)11-13-8-3-2-4-9-13/h2-4,8-9,12H,5-7,10-11H2,1H3,(H2,17,18,20). The Bertz CT molecular complexity index is 540. The van der Waals surface area contributed by atoms with Crippen molar-refractivity contribution in [2.45, 2.75) is 44.7 Å². The van der Waals surface area contributed by atoms with Crippen LogP contribution in [0.15, 0.2) is 35.3 Å². The molecule has 1 aliphatic carbocycles. The number of rotatable bonds is 2. The Morgan fingerprint density at radius 2 is 2.10 bits per heavy atom. The molecular weight excluding hydrogens is 250 g/mol. The summed E-state index contributed by atoms with van der Waals surface area (Å²) in [6, 6.07) is 9.89. The topological polar surface area (TPSA) is 58.7 Å². The molecule has 1 aliphatic heterocycles. The molecule has 2 aliphatic rings. The number of nitrogens with zero attached hydrogens (tertiary/aromatic N) is 2. The number of benzene rings is 1. The molecule has 2 N–H and O–H groups in total. The van der Waals surface area contributed by atoms with E-state index in [1.807, 2.05) is 35.2 Å². The summed E-state index contributed by atoms with van der Waals surface area (Å²) >= 11 is 0. The van der Waals surface area contributed by atoms with Gasteiger partial charge in [0.25, 0.3) is 0 Å². The number of carbonyl (C=O) groups is 1. The smallest absolute Gasteiger partial charge is 0.346 e. The van der Waals surface area contributed by atoms with Crippen LogP contribution in [0.1, 0.15) is 38.2 Å². The molecule has 1 fully saturated rings. The third kappa shape index (κ3) is 1.90. The summed E-state index contributed by atoms with van der Waals surface area (Å²) < 4.78 is 0. The predicted octanol–water partition coefficient (Wildman–Crippen LogP) is 2.93. The van der Waals surface area contributed by atoms with Gasteiger partial charge in [0.05, 0.1) is 0 Å². The molecule has 4 nitrogen and oxygen atoms in total. The van der Waals surface area contributed by atoms with Gasteiger partial charge in [-0.2, -0.15) is 4.99 Å². The maximum atomic E-state index is 12.3. The SMILES string of the molecule is CC1CCCCC12C(N)=NC(=O)N2Cc1ccccc1. The Morgan fingerprint density at radius 3 is 2.80 bits per heavy atom. The number of amidine groups is 1. The lowest BCUT2D eigenvalue weighted by Crippen LogP contribution is -2.59. The molecule has 1 heterocycles. The minimum Gasteiger partial charge on any atom is -0.385 e. The lowest BCUT2D eigenvalue weighted by Gasteiger charge is -2.45. The Kier molecular flexibility index (Phi) is 3.24. The second-order valence-electron chi connectivity index (χ2n) is 5.92. The zero-order valence-corrected chi connectivity index (χ0v) is 11.9. The van der Waals surface area contributed by atoms with Crippen LogP contribution in [-0.2, 0) is 6.54 Å².